The standard InChI is InChI=1S/C15H20N2O4/c1-20-15(19)11-4-2-5-12(8-11)17-14(18)10-16-9-13-6-3-7-21-13/h2,4-5,8,13,16H,3,6-7,9-10H2,1H3,(H,17,18). The van der Waals surface area contributed by atoms with E-state index in [0.717, 1.165) is 19.4 Å². The van der Waals surface area contributed by atoms with Crippen molar-refractivity contribution in [3.8, 4) is 0 Å². The number of hydrogen-bond acceptors (Lipinski definition) is 5. The molecule has 0 bridgehead atoms. The van der Waals surface area contributed by atoms with Gasteiger partial charge in [-0.2, -0.15) is 0 Å². The van der Waals surface area contributed by atoms with Crippen molar-refractivity contribution in [2.45, 2.75) is 18.9 Å². The molecule has 6 nitrogen and oxygen atoms in total. The third-order valence-electron chi connectivity index (χ3n) is 3.25. The molecule has 1 aromatic carbocycles. The molecule has 1 unspecified atom stereocenters. The number of rotatable bonds is 6. The maximum atomic E-state index is 11.8. The molecule has 1 saturated heterocycles. The second kappa shape index (κ2) is 7.75. The van der Waals surface area contributed by atoms with E-state index in [2.05, 4.69) is 15.4 Å². The molecular weight excluding hydrogens is 272 g/mol. The van der Waals surface area contributed by atoms with Gasteiger partial charge in [0, 0.05) is 18.8 Å². The fraction of sp³-hybridized carbons (Fsp3) is 0.467. The number of carbonyl (C=O) groups is 2. The molecule has 0 radical (unpaired) electrons. The van der Waals surface area contributed by atoms with E-state index in [1.165, 1.54) is 7.11 Å². The van der Waals surface area contributed by atoms with Gasteiger partial charge in [0.2, 0.25) is 5.91 Å². The lowest BCUT2D eigenvalue weighted by Gasteiger charge is -2.11. The van der Waals surface area contributed by atoms with E-state index in [-0.39, 0.29) is 18.6 Å². The first-order chi connectivity index (χ1) is 10.2. The minimum absolute atomic E-state index is 0.157. The monoisotopic (exact) mass is 292 g/mol. The van der Waals surface area contributed by atoms with Crippen molar-refractivity contribution in [1.29, 1.82) is 0 Å². The molecule has 1 aromatic rings. The van der Waals surface area contributed by atoms with E-state index in [1.54, 1.807) is 24.3 Å². The van der Waals surface area contributed by atoms with Gasteiger partial charge in [0.15, 0.2) is 0 Å². The number of carbonyl (C=O) groups excluding carboxylic acids is 2. The van der Waals surface area contributed by atoms with E-state index in [0.29, 0.717) is 17.8 Å². The van der Waals surface area contributed by atoms with Gasteiger partial charge < -0.3 is 20.1 Å². The van der Waals surface area contributed by atoms with Crippen LogP contribution in [0.25, 0.3) is 0 Å². The van der Waals surface area contributed by atoms with Gasteiger partial charge in [-0.3, -0.25) is 4.79 Å². The van der Waals surface area contributed by atoms with Crippen molar-refractivity contribution in [2.75, 3.05) is 32.1 Å². The van der Waals surface area contributed by atoms with Crippen LogP contribution in [-0.4, -0.2) is 44.8 Å². The molecule has 1 atom stereocenters. The molecule has 1 fully saturated rings. The number of anilines is 1. The Hall–Kier alpha value is -1.92. The molecular formula is C15H20N2O4. The van der Waals surface area contributed by atoms with Crippen LogP contribution in [0.2, 0.25) is 0 Å². The van der Waals surface area contributed by atoms with Crippen LogP contribution >= 0.6 is 0 Å². The molecule has 2 rings (SSSR count). The summed E-state index contributed by atoms with van der Waals surface area (Å²) >= 11 is 0. The SMILES string of the molecule is COC(=O)c1cccc(NC(=O)CNCC2CCCO2)c1. The summed E-state index contributed by atoms with van der Waals surface area (Å²) in [5.74, 6) is -0.586. The van der Waals surface area contributed by atoms with Crippen LogP contribution in [0.5, 0.6) is 0 Å². The fourth-order valence-corrected chi connectivity index (χ4v) is 2.20. The quantitative estimate of drug-likeness (QED) is 0.770. The first-order valence-corrected chi connectivity index (χ1v) is 6.99. The first-order valence-electron chi connectivity index (χ1n) is 6.99. The maximum absolute atomic E-state index is 11.8. The number of methoxy groups -OCH3 is 1. The third-order valence-corrected chi connectivity index (χ3v) is 3.25. The number of benzene rings is 1. The normalized spacial score (nSPS) is 17.5. The molecule has 0 aliphatic carbocycles. The summed E-state index contributed by atoms with van der Waals surface area (Å²) in [4.78, 5) is 23.2. The summed E-state index contributed by atoms with van der Waals surface area (Å²) in [5.41, 5.74) is 0.976. The smallest absolute Gasteiger partial charge is 0.337 e. The molecule has 114 valence electrons. The zero-order valence-electron chi connectivity index (χ0n) is 12.1. The molecule has 0 aromatic heterocycles. The molecule has 6 heteroatoms. The minimum atomic E-state index is -0.428. The highest BCUT2D eigenvalue weighted by atomic mass is 16.5. The van der Waals surface area contributed by atoms with Crippen LogP contribution in [0, 0.1) is 0 Å². The van der Waals surface area contributed by atoms with E-state index in [4.69, 9.17) is 4.74 Å². The van der Waals surface area contributed by atoms with Crippen LogP contribution in [0.1, 0.15) is 23.2 Å². The predicted molar refractivity (Wildman–Crippen MR) is 78.3 cm³/mol. The second-order valence-corrected chi connectivity index (χ2v) is 4.89. The maximum Gasteiger partial charge on any atom is 0.337 e. The van der Waals surface area contributed by atoms with E-state index < -0.39 is 5.97 Å². The summed E-state index contributed by atoms with van der Waals surface area (Å²) in [6, 6.07) is 6.65. The Bertz CT molecular complexity index is 498. The lowest BCUT2D eigenvalue weighted by atomic mass is 10.2. The highest BCUT2D eigenvalue weighted by molar-refractivity contribution is 5.95. The van der Waals surface area contributed by atoms with Crippen molar-refractivity contribution >= 4 is 17.6 Å². The minimum Gasteiger partial charge on any atom is -0.465 e. The highest BCUT2D eigenvalue weighted by Gasteiger charge is 2.15. The molecule has 2 N–H and O–H groups in total. The lowest BCUT2D eigenvalue weighted by Crippen LogP contribution is -2.33. The number of esters is 1. The summed E-state index contributed by atoms with van der Waals surface area (Å²) in [5, 5.41) is 5.80. The van der Waals surface area contributed by atoms with E-state index in [9.17, 15) is 9.59 Å². The van der Waals surface area contributed by atoms with E-state index in [1.807, 2.05) is 0 Å². The van der Waals surface area contributed by atoms with E-state index >= 15 is 0 Å². The number of hydrogen-bond donors (Lipinski definition) is 2. The Kier molecular flexibility index (Phi) is 5.71. The molecule has 1 amide bonds. The zero-order chi connectivity index (χ0) is 15.1. The third kappa shape index (κ3) is 4.84. The summed E-state index contributed by atoms with van der Waals surface area (Å²) in [6.45, 7) is 1.69. The van der Waals surface area contributed by atoms with Crippen LogP contribution in [0.4, 0.5) is 5.69 Å². The largest absolute Gasteiger partial charge is 0.465 e. The fourth-order valence-electron chi connectivity index (χ4n) is 2.20. The van der Waals surface area contributed by atoms with Crippen molar-refractivity contribution in [2.24, 2.45) is 0 Å². The van der Waals surface area contributed by atoms with Crippen LogP contribution in [0.15, 0.2) is 24.3 Å². The molecule has 1 aliphatic heterocycles. The van der Waals surface area contributed by atoms with Gasteiger partial charge in [-0.05, 0) is 31.0 Å². The number of nitrogens with one attached hydrogen (secondary N) is 2. The van der Waals surface area contributed by atoms with Gasteiger partial charge >= 0.3 is 5.97 Å². The van der Waals surface area contributed by atoms with Gasteiger partial charge in [-0.25, -0.2) is 4.79 Å². The van der Waals surface area contributed by atoms with Gasteiger partial charge in [0.05, 0.1) is 25.3 Å². The van der Waals surface area contributed by atoms with Gasteiger partial charge in [-0.1, -0.05) is 6.07 Å². The molecule has 21 heavy (non-hydrogen) atoms. The second-order valence-electron chi connectivity index (χ2n) is 4.89. The Labute approximate surface area is 123 Å². The van der Waals surface area contributed by atoms with Crippen LogP contribution < -0.4 is 10.6 Å². The summed E-state index contributed by atoms with van der Waals surface area (Å²) in [7, 11) is 1.32. The summed E-state index contributed by atoms with van der Waals surface area (Å²) < 4.78 is 10.1. The first kappa shape index (κ1) is 15.5. The van der Waals surface area contributed by atoms with Gasteiger partial charge in [0.1, 0.15) is 0 Å². The number of amides is 1. The Morgan fingerprint density at radius 3 is 3.00 bits per heavy atom. The van der Waals surface area contributed by atoms with Crippen molar-refractivity contribution in [3.05, 3.63) is 29.8 Å². The molecule has 0 spiro atoms. The highest BCUT2D eigenvalue weighted by Crippen LogP contribution is 2.12. The molecule has 1 heterocycles. The topological polar surface area (TPSA) is 76.7 Å². The van der Waals surface area contributed by atoms with Gasteiger partial charge in [0.25, 0.3) is 0 Å². The Morgan fingerprint density at radius 2 is 2.29 bits per heavy atom. The predicted octanol–water partition coefficient (Wildman–Crippen LogP) is 1.18. The van der Waals surface area contributed by atoms with Gasteiger partial charge in [-0.15, -0.1) is 0 Å². The average Bonchev–Trinajstić information content (AvgIpc) is 3.00. The van der Waals surface area contributed by atoms with Crippen LogP contribution in [0.3, 0.4) is 0 Å². The van der Waals surface area contributed by atoms with Crippen molar-refractivity contribution in [3.63, 3.8) is 0 Å². The Balaban J connectivity index is 1.77. The number of ether oxygens (including phenoxy) is 2. The zero-order valence-corrected chi connectivity index (χ0v) is 12.1. The lowest BCUT2D eigenvalue weighted by molar-refractivity contribution is -0.115. The average molecular weight is 292 g/mol. The van der Waals surface area contributed by atoms with Crippen LogP contribution in [-0.2, 0) is 14.3 Å². The molecule has 1 aliphatic rings. The summed E-state index contributed by atoms with van der Waals surface area (Å²) in [6.07, 6.45) is 2.33. The van der Waals surface area contributed by atoms with Crippen molar-refractivity contribution in [1.82, 2.24) is 5.32 Å². The molecule has 0 saturated carbocycles. The Morgan fingerprint density at radius 1 is 1.43 bits per heavy atom. The van der Waals surface area contributed by atoms with Crippen molar-refractivity contribution < 1.29 is 19.1 Å².